The van der Waals surface area contributed by atoms with Crippen LogP contribution >= 0.6 is 0 Å². The summed E-state index contributed by atoms with van der Waals surface area (Å²) in [6.07, 6.45) is 2.61. The Balaban J connectivity index is 2.70. The molecule has 3 unspecified atom stereocenters. The molecule has 1 fully saturated rings. The van der Waals surface area contributed by atoms with E-state index in [-0.39, 0.29) is 5.54 Å². The minimum absolute atomic E-state index is 0.0980. The summed E-state index contributed by atoms with van der Waals surface area (Å²) in [6, 6.07) is 0.521. The molecule has 1 heterocycles. The van der Waals surface area contributed by atoms with Gasteiger partial charge in [-0.15, -0.1) is 0 Å². The highest BCUT2D eigenvalue weighted by atomic mass is 16.5. The van der Waals surface area contributed by atoms with Gasteiger partial charge in [0.25, 0.3) is 0 Å². The molecule has 1 saturated heterocycles. The van der Waals surface area contributed by atoms with Gasteiger partial charge in [-0.25, -0.2) is 0 Å². The molecule has 16 heavy (non-hydrogen) atoms. The highest BCUT2D eigenvalue weighted by Crippen LogP contribution is 2.29. The first kappa shape index (κ1) is 13.9. The topological polar surface area (TPSA) is 38.5 Å². The van der Waals surface area contributed by atoms with Crippen LogP contribution in [-0.2, 0) is 4.74 Å². The zero-order chi connectivity index (χ0) is 12.3. The maximum absolute atomic E-state index is 5.99. The molecule has 0 amide bonds. The summed E-state index contributed by atoms with van der Waals surface area (Å²) in [5.74, 6) is 0.675. The maximum Gasteiger partial charge on any atom is 0.0703 e. The lowest BCUT2D eigenvalue weighted by Gasteiger charge is -2.43. The fourth-order valence-corrected chi connectivity index (χ4v) is 2.88. The third-order valence-electron chi connectivity index (χ3n) is 3.97. The normalized spacial score (nSPS) is 30.0. The van der Waals surface area contributed by atoms with Crippen LogP contribution in [0.5, 0.6) is 0 Å². The van der Waals surface area contributed by atoms with Crippen LogP contribution in [0.1, 0.15) is 40.5 Å². The van der Waals surface area contributed by atoms with E-state index in [0.717, 1.165) is 19.4 Å². The third kappa shape index (κ3) is 2.96. The first-order valence-electron chi connectivity index (χ1n) is 6.45. The van der Waals surface area contributed by atoms with Gasteiger partial charge in [0.2, 0.25) is 0 Å². The molecule has 1 aliphatic rings. The van der Waals surface area contributed by atoms with Gasteiger partial charge >= 0.3 is 0 Å². The third-order valence-corrected chi connectivity index (χ3v) is 3.97. The van der Waals surface area contributed by atoms with Crippen LogP contribution in [0.15, 0.2) is 0 Å². The summed E-state index contributed by atoms with van der Waals surface area (Å²) in [7, 11) is 2.20. The van der Waals surface area contributed by atoms with E-state index in [9.17, 15) is 0 Å². The Morgan fingerprint density at radius 1 is 1.50 bits per heavy atom. The largest absolute Gasteiger partial charge is 0.377 e. The Labute approximate surface area is 100 Å². The van der Waals surface area contributed by atoms with Crippen molar-refractivity contribution < 1.29 is 4.74 Å². The lowest BCUT2D eigenvalue weighted by atomic mass is 9.87. The molecule has 0 bridgehead atoms. The van der Waals surface area contributed by atoms with Crippen molar-refractivity contribution in [2.75, 3.05) is 20.2 Å². The van der Waals surface area contributed by atoms with Gasteiger partial charge < -0.3 is 10.5 Å². The van der Waals surface area contributed by atoms with E-state index in [0.29, 0.717) is 24.6 Å². The van der Waals surface area contributed by atoms with Gasteiger partial charge in [0.15, 0.2) is 0 Å². The van der Waals surface area contributed by atoms with Gasteiger partial charge in [0.05, 0.1) is 6.10 Å². The minimum atomic E-state index is 0.0980. The summed E-state index contributed by atoms with van der Waals surface area (Å²) in [4.78, 5) is 2.45. The molecule has 0 aromatic carbocycles. The quantitative estimate of drug-likeness (QED) is 0.780. The monoisotopic (exact) mass is 228 g/mol. The first-order valence-corrected chi connectivity index (χ1v) is 6.45. The van der Waals surface area contributed by atoms with Gasteiger partial charge in [0, 0.05) is 24.7 Å². The van der Waals surface area contributed by atoms with E-state index in [1.54, 1.807) is 0 Å². The predicted molar refractivity (Wildman–Crippen MR) is 68.5 cm³/mol. The number of ether oxygens (including phenoxy) is 1. The Hall–Kier alpha value is -0.120. The van der Waals surface area contributed by atoms with Crippen molar-refractivity contribution in [3.05, 3.63) is 0 Å². The van der Waals surface area contributed by atoms with Crippen molar-refractivity contribution in [3.63, 3.8) is 0 Å². The Bertz CT molecular complexity index is 220. The van der Waals surface area contributed by atoms with Gasteiger partial charge in [-0.3, -0.25) is 4.90 Å². The summed E-state index contributed by atoms with van der Waals surface area (Å²) < 4.78 is 5.65. The molecule has 3 atom stereocenters. The second-order valence-corrected chi connectivity index (χ2v) is 5.84. The van der Waals surface area contributed by atoms with E-state index in [1.807, 2.05) is 0 Å². The molecular formula is C13H28N2O. The molecule has 3 heteroatoms. The summed E-state index contributed by atoms with van der Waals surface area (Å²) in [5.41, 5.74) is 6.08. The molecule has 0 radical (unpaired) electrons. The second kappa shape index (κ2) is 5.48. The van der Waals surface area contributed by atoms with Crippen LogP contribution in [0.25, 0.3) is 0 Å². The van der Waals surface area contributed by atoms with E-state index in [2.05, 4.69) is 39.6 Å². The van der Waals surface area contributed by atoms with Crippen molar-refractivity contribution in [2.45, 2.75) is 58.2 Å². The molecule has 3 nitrogen and oxygen atoms in total. The molecule has 1 aliphatic heterocycles. The SMILES string of the molecule is CC(C)CC(C)(CN)N(C)C1CCOC1C. The Kier molecular flexibility index (Phi) is 4.77. The smallest absolute Gasteiger partial charge is 0.0703 e. The average Bonchev–Trinajstić information content (AvgIpc) is 2.62. The molecule has 96 valence electrons. The molecule has 0 aromatic rings. The lowest BCUT2D eigenvalue weighted by Crippen LogP contribution is -2.56. The van der Waals surface area contributed by atoms with Gasteiger partial charge in [0.1, 0.15) is 0 Å². The van der Waals surface area contributed by atoms with Crippen molar-refractivity contribution in [1.29, 1.82) is 0 Å². The number of nitrogens with two attached hydrogens (primary N) is 1. The van der Waals surface area contributed by atoms with Crippen LogP contribution in [0.2, 0.25) is 0 Å². The molecule has 0 aliphatic carbocycles. The summed E-state index contributed by atoms with van der Waals surface area (Å²) in [5, 5.41) is 0. The highest BCUT2D eigenvalue weighted by molar-refractivity contribution is 4.93. The summed E-state index contributed by atoms with van der Waals surface area (Å²) in [6.45, 7) is 10.6. The number of rotatable bonds is 5. The van der Waals surface area contributed by atoms with E-state index in [4.69, 9.17) is 10.5 Å². The molecule has 1 rings (SSSR count). The zero-order valence-corrected chi connectivity index (χ0v) is 11.5. The van der Waals surface area contributed by atoms with E-state index < -0.39 is 0 Å². The average molecular weight is 228 g/mol. The van der Waals surface area contributed by atoms with Crippen molar-refractivity contribution in [2.24, 2.45) is 11.7 Å². The molecule has 0 aromatic heterocycles. The zero-order valence-electron chi connectivity index (χ0n) is 11.5. The van der Waals surface area contributed by atoms with Crippen LogP contribution in [0.4, 0.5) is 0 Å². The second-order valence-electron chi connectivity index (χ2n) is 5.84. The number of likely N-dealkylation sites (N-methyl/N-ethyl adjacent to an activating group) is 1. The van der Waals surface area contributed by atoms with Crippen LogP contribution in [0.3, 0.4) is 0 Å². The molecule has 2 N–H and O–H groups in total. The minimum Gasteiger partial charge on any atom is -0.377 e. The van der Waals surface area contributed by atoms with Gasteiger partial charge in [-0.05, 0) is 39.7 Å². The number of hydrogen-bond donors (Lipinski definition) is 1. The highest BCUT2D eigenvalue weighted by Gasteiger charge is 2.37. The Morgan fingerprint density at radius 3 is 2.50 bits per heavy atom. The molecule has 0 spiro atoms. The molecular weight excluding hydrogens is 200 g/mol. The Morgan fingerprint density at radius 2 is 2.12 bits per heavy atom. The summed E-state index contributed by atoms with van der Waals surface area (Å²) >= 11 is 0. The number of hydrogen-bond acceptors (Lipinski definition) is 3. The fraction of sp³-hybridized carbons (Fsp3) is 1.00. The fourth-order valence-electron chi connectivity index (χ4n) is 2.88. The van der Waals surface area contributed by atoms with E-state index in [1.165, 1.54) is 0 Å². The molecule has 0 saturated carbocycles. The maximum atomic E-state index is 5.99. The van der Waals surface area contributed by atoms with Gasteiger partial charge in [-0.1, -0.05) is 13.8 Å². The van der Waals surface area contributed by atoms with E-state index >= 15 is 0 Å². The van der Waals surface area contributed by atoms with Crippen molar-refractivity contribution >= 4 is 0 Å². The van der Waals surface area contributed by atoms with Gasteiger partial charge in [-0.2, -0.15) is 0 Å². The lowest BCUT2D eigenvalue weighted by molar-refractivity contribution is 0.0268. The van der Waals surface area contributed by atoms with Crippen molar-refractivity contribution in [1.82, 2.24) is 4.90 Å². The van der Waals surface area contributed by atoms with Crippen LogP contribution < -0.4 is 5.73 Å². The van der Waals surface area contributed by atoms with Crippen LogP contribution in [0, 0.1) is 5.92 Å². The predicted octanol–water partition coefficient (Wildman–Crippen LogP) is 1.86. The number of nitrogens with zero attached hydrogens (tertiary/aromatic N) is 1. The first-order chi connectivity index (χ1) is 7.40. The van der Waals surface area contributed by atoms with Crippen LogP contribution in [-0.4, -0.2) is 42.8 Å². The standard InChI is InChI=1S/C13H28N2O/c1-10(2)8-13(4,9-14)15(5)12-6-7-16-11(12)3/h10-12H,6-9,14H2,1-5H3. The van der Waals surface area contributed by atoms with Crippen molar-refractivity contribution in [3.8, 4) is 0 Å².